The molecule has 0 atom stereocenters. The van der Waals surface area contributed by atoms with Crippen molar-refractivity contribution in [3.05, 3.63) is 101 Å². The standard InChI is InChI=1S/C26H22ClFN4O3/c27-23-15-19(28)7-8-22(23)26(34)31-12-10-30(11-13-31)25(33)18-4-3-5-21(14-18)35-17-20-16-32-9-2-1-6-24(32)29-20/h1-9,14-16H,10-13,17H2. The Morgan fingerprint density at radius 3 is 2.46 bits per heavy atom. The fraction of sp³-hybridized carbons (Fsp3) is 0.192. The summed E-state index contributed by atoms with van der Waals surface area (Å²) in [6.07, 6.45) is 3.83. The van der Waals surface area contributed by atoms with Crippen molar-refractivity contribution in [2.75, 3.05) is 26.2 Å². The lowest BCUT2D eigenvalue weighted by molar-refractivity contribution is 0.0535. The zero-order valence-corrected chi connectivity index (χ0v) is 19.5. The van der Waals surface area contributed by atoms with E-state index < -0.39 is 5.82 Å². The van der Waals surface area contributed by atoms with E-state index in [1.54, 1.807) is 34.1 Å². The van der Waals surface area contributed by atoms with Crippen LogP contribution in [0.1, 0.15) is 26.4 Å². The Morgan fingerprint density at radius 2 is 1.71 bits per heavy atom. The highest BCUT2D eigenvalue weighted by molar-refractivity contribution is 6.33. The largest absolute Gasteiger partial charge is 0.487 e. The Kier molecular flexibility index (Phi) is 6.37. The first-order valence-corrected chi connectivity index (χ1v) is 11.5. The molecule has 2 amide bonds. The predicted octanol–water partition coefficient (Wildman–Crippen LogP) is 4.30. The molecule has 0 saturated carbocycles. The van der Waals surface area contributed by atoms with Gasteiger partial charge >= 0.3 is 0 Å². The van der Waals surface area contributed by atoms with Gasteiger partial charge in [-0.05, 0) is 48.5 Å². The molecular weight excluding hydrogens is 471 g/mol. The predicted molar refractivity (Wildman–Crippen MR) is 129 cm³/mol. The summed E-state index contributed by atoms with van der Waals surface area (Å²) in [6, 6.07) is 16.5. The Balaban J connectivity index is 1.19. The first kappa shape index (κ1) is 22.9. The maximum Gasteiger partial charge on any atom is 0.255 e. The number of pyridine rings is 1. The summed E-state index contributed by atoms with van der Waals surface area (Å²) in [4.78, 5) is 33.7. The molecule has 7 nitrogen and oxygen atoms in total. The van der Waals surface area contributed by atoms with E-state index in [2.05, 4.69) is 4.98 Å². The second-order valence-electron chi connectivity index (χ2n) is 8.22. The third-order valence-corrected chi connectivity index (χ3v) is 6.21. The smallest absolute Gasteiger partial charge is 0.255 e. The van der Waals surface area contributed by atoms with Gasteiger partial charge in [-0.15, -0.1) is 0 Å². The van der Waals surface area contributed by atoms with E-state index >= 15 is 0 Å². The van der Waals surface area contributed by atoms with E-state index in [0.717, 1.165) is 17.4 Å². The summed E-state index contributed by atoms with van der Waals surface area (Å²) < 4.78 is 21.1. The van der Waals surface area contributed by atoms with E-state index in [1.165, 1.54) is 12.1 Å². The fourth-order valence-corrected chi connectivity index (χ4v) is 4.31. The van der Waals surface area contributed by atoms with E-state index in [0.29, 0.717) is 37.5 Å². The number of carbonyl (C=O) groups is 2. The number of fused-ring (bicyclic) bond motifs is 1. The van der Waals surface area contributed by atoms with Gasteiger partial charge in [0.15, 0.2) is 0 Å². The van der Waals surface area contributed by atoms with Gasteiger partial charge in [0.05, 0.1) is 16.3 Å². The molecule has 0 aliphatic carbocycles. The summed E-state index contributed by atoms with van der Waals surface area (Å²) in [5.74, 6) is -0.321. The van der Waals surface area contributed by atoms with Gasteiger partial charge in [-0.3, -0.25) is 9.59 Å². The van der Waals surface area contributed by atoms with Crippen molar-refractivity contribution in [1.82, 2.24) is 19.2 Å². The summed E-state index contributed by atoms with van der Waals surface area (Å²) in [6.45, 7) is 1.78. The maximum absolute atomic E-state index is 13.3. The molecule has 3 heterocycles. The van der Waals surface area contributed by atoms with E-state index in [9.17, 15) is 14.0 Å². The molecule has 4 aromatic rings. The molecule has 0 N–H and O–H groups in total. The number of hydrogen-bond donors (Lipinski definition) is 0. The summed E-state index contributed by atoms with van der Waals surface area (Å²) in [5, 5.41) is 0.0777. The van der Waals surface area contributed by atoms with Crippen LogP contribution in [-0.2, 0) is 6.61 Å². The molecule has 5 rings (SSSR count). The molecule has 1 fully saturated rings. The Labute approximate surface area is 206 Å². The van der Waals surface area contributed by atoms with Crippen molar-refractivity contribution in [2.24, 2.45) is 0 Å². The number of piperazine rings is 1. The normalized spacial score (nSPS) is 13.8. The molecule has 0 bridgehead atoms. The third-order valence-electron chi connectivity index (χ3n) is 5.90. The van der Waals surface area contributed by atoms with Crippen LogP contribution in [0.5, 0.6) is 5.75 Å². The molecule has 9 heteroatoms. The highest BCUT2D eigenvalue weighted by Crippen LogP contribution is 2.21. The topological polar surface area (TPSA) is 67.2 Å². The number of carbonyl (C=O) groups excluding carboxylic acids is 2. The molecule has 2 aromatic carbocycles. The number of nitrogens with zero attached hydrogens (tertiary/aromatic N) is 4. The minimum Gasteiger partial charge on any atom is -0.487 e. The third kappa shape index (κ3) is 4.97. The molecule has 1 saturated heterocycles. The Morgan fingerprint density at radius 1 is 0.943 bits per heavy atom. The van der Waals surface area contributed by atoms with Crippen LogP contribution >= 0.6 is 11.6 Å². The number of rotatable bonds is 5. The van der Waals surface area contributed by atoms with Crippen molar-refractivity contribution in [2.45, 2.75) is 6.61 Å². The first-order valence-electron chi connectivity index (χ1n) is 11.2. The van der Waals surface area contributed by atoms with Gasteiger partial charge in [0, 0.05) is 44.1 Å². The van der Waals surface area contributed by atoms with Crippen molar-refractivity contribution in [1.29, 1.82) is 0 Å². The molecule has 178 valence electrons. The average molecular weight is 493 g/mol. The minimum atomic E-state index is -0.494. The molecule has 0 radical (unpaired) electrons. The van der Waals surface area contributed by atoms with E-state index in [1.807, 2.05) is 35.0 Å². The quantitative estimate of drug-likeness (QED) is 0.416. The van der Waals surface area contributed by atoms with Crippen LogP contribution < -0.4 is 4.74 Å². The molecule has 35 heavy (non-hydrogen) atoms. The second kappa shape index (κ2) is 9.76. The van der Waals surface area contributed by atoms with Crippen molar-refractivity contribution in [3.63, 3.8) is 0 Å². The maximum atomic E-state index is 13.3. The lowest BCUT2D eigenvalue weighted by Gasteiger charge is -2.35. The molecule has 2 aromatic heterocycles. The number of ether oxygens (including phenoxy) is 1. The van der Waals surface area contributed by atoms with Crippen LogP contribution in [0, 0.1) is 5.82 Å². The zero-order chi connectivity index (χ0) is 24.4. The van der Waals surface area contributed by atoms with Crippen molar-refractivity contribution >= 4 is 29.1 Å². The number of halogens is 2. The molecule has 0 unspecified atom stereocenters. The van der Waals surface area contributed by atoms with Crippen LogP contribution in [-0.4, -0.2) is 57.2 Å². The molecule has 1 aliphatic rings. The SMILES string of the molecule is O=C(c1cccc(OCc2cn3ccccc3n2)c1)N1CCN(C(=O)c2ccc(F)cc2Cl)CC1. The van der Waals surface area contributed by atoms with Crippen LogP contribution in [0.25, 0.3) is 5.65 Å². The Hall–Kier alpha value is -3.91. The summed E-state index contributed by atoms with van der Waals surface area (Å²) in [7, 11) is 0. The number of amides is 2. The van der Waals surface area contributed by atoms with Gasteiger partial charge in [0.25, 0.3) is 11.8 Å². The van der Waals surface area contributed by atoms with Crippen LogP contribution in [0.3, 0.4) is 0 Å². The van der Waals surface area contributed by atoms with Crippen LogP contribution in [0.15, 0.2) is 73.1 Å². The zero-order valence-electron chi connectivity index (χ0n) is 18.7. The lowest BCUT2D eigenvalue weighted by atomic mass is 10.1. The number of hydrogen-bond acceptors (Lipinski definition) is 4. The fourth-order valence-electron chi connectivity index (χ4n) is 4.06. The number of imidazole rings is 1. The summed E-state index contributed by atoms with van der Waals surface area (Å²) >= 11 is 6.03. The number of aromatic nitrogens is 2. The summed E-state index contributed by atoms with van der Waals surface area (Å²) in [5.41, 5.74) is 2.39. The van der Waals surface area contributed by atoms with Gasteiger partial charge in [-0.25, -0.2) is 9.37 Å². The van der Waals surface area contributed by atoms with Crippen LogP contribution in [0.4, 0.5) is 4.39 Å². The van der Waals surface area contributed by atoms with Crippen LogP contribution in [0.2, 0.25) is 5.02 Å². The van der Waals surface area contributed by atoms with Crippen molar-refractivity contribution < 1.29 is 18.7 Å². The average Bonchev–Trinajstić information content (AvgIpc) is 3.30. The van der Waals surface area contributed by atoms with Gasteiger partial charge < -0.3 is 18.9 Å². The van der Waals surface area contributed by atoms with E-state index in [-0.39, 0.29) is 29.0 Å². The molecular formula is C26H22ClFN4O3. The minimum absolute atomic E-state index is 0.0777. The number of benzene rings is 2. The second-order valence-corrected chi connectivity index (χ2v) is 8.63. The lowest BCUT2D eigenvalue weighted by Crippen LogP contribution is -2.50. The van der Waals surface area contributed by atoms with Gasteiger partial charge in [-0.2, -0.15) is 0 Å². The highest BCUT2D eigenvalue weighted by Gasteiger charge is 2.26. The molecule has 0 spiro atoms. The van der Waals surface area contributed by atoms with E-state index in [4.69, 9.17) is 16.3 Å². The van der Waals surface area contributed by atoms with Crippen molar-refractivity contribution in [3.8, 4) is 5.75 Å². The highest BCUT2D eigenvalue weighted by atomic mass is 35.5. The monoisotopic (exact) mass is 492 g/mol. The van der Waals surface area contributed by atoms with Gasteiger partial charge in [-0.1, -0.05) is 23.7 Å². The Bertz CT molecular complexity index is 1370. The molecule has 1 aliphatic heterocycles. The van der Waals surface area contributed by atoms with Gasteiger partial charge in [0.2, 0.25) is 0 Å². The first-order chi connectivity index (χ1) is 17.0. The van der Waals surface area contributed by atoms with Gasteiger partial charge in [0.1, 0.15) is 23.8 Å².